The van der Waals surface area contributed by atoms with Crippen LogP contribution in [0.3, 0.4) is 0 Å². The van der Waals surface area contributed by atoms with Crippen molar-refractivity contribution in [2.45, 2.75) is 19.8 Å². The Kier molecular flexibility index (Phi) is 7.28. The van der Waals surface area contributed by atoms with Gasteiger partial charge in [-0.1, -0.05) is 18.2 Å². The fourth-order valence-corrected chi connectivity index (χ4v) is 2.88. The number of rotatable bonds is 8. The Hall–Kier alpha value is -1.85. The lowest BCUT2D eigenvalue weighted by atomic mass is 10.1. The summed E-state index contributed by atoms with van der Waals surface area (Å²) in [6.45, 7) is 3.52. The maximum absolute atomic E-state index is 12.0. The van der Waals surface area contributed by atoms with Crippen LogP contribution >= 0.6 is 15.9 Å². The molecule has 0 saturated heterocycles. The van der Waals surface area contributed by atoms with Gasteiger partial charge in [0.05, 0.1) is 12.8 Å². The molecule has 2 rings (SSSR count). The number of benzene rings is 2. The quantitative estimate of drug-likeness (QED) is 0.671. The molecule has 0 aliphatic rings. The van der Waals surface area contributed by atoms with E-state index in [2.05, 4.69) is 38.7 Å². The van der Waals surface area contributed by atoms with Crippen LogP contribution in [0.1, 0.15) is 17.5 Å². The van der Waals surface area contributed by atoms with Crippen LogP contribution in [0.2, 0.25) is 0 Å². The highest BCUT2D eigenvalue weighted by Gasteiger charge is 2.05. The summed E-state index contributed by atoms with van der Waals surface area (Å²) in [7, 11) is 1.66. The lowest BCUT2D eigenvalue weighted by molar-refractivity contribution is -0.116. The van der Waals surface area contributed by atoms with Crippen LogP contribution in [0, 0.1) is 6.92 Å². The summed E-state index contributed by atoms with van der Waals surface area (Å²) in [6, 6.07) is 13.9. The molecule has 0 saturated carbocycles. The molecule has 1 amide bonds. The van der Waals surface area contributed by atoms with Gasteiger partial charge in [0.2, 0.25) is 5.91 Å². The lowest BCUT2D eigenvalue weighted by Crippen LogP contribution is -2.23. The molecule has 4 nitrogen and oxygen atoms in total. The molecule has 128 valence electrons. The molecule has 0 aliphatic carbocycles. The van der Waals surface area contributed by atoms with Crippen LogP contribution in [-0.4, -0.2) is 26.1 Å². The number of aryl methyl sites for hydroxylation is 1. The summed E-state index contributed by atoms with van der Waals surface area (Å²) in [4.78, 5) is 12.0. The van der Waals surface area contributed by atoms with E-state index in [1.165, 1.54) is 5.56 Å². The molecule has 0 atom stereocenters. The minimum atomic E-state index is 0.0106. The normalized spacial score (nSPS) is 10.5. The second-order valence-electron chi connectivity index (χ2n) is 5.63. The molecule has 0 radical (unpaired) electrons. The fourth-order valence-electron chi connectivity index (χ4n) is 2.29. The van der Waals surface area contributed by atoms with E-state index in [0.717, 1.165) is 34.4 Å². The highest BCUT2D eigenvalue weighted by atomic mass is 79.9. The topological polar surface area (TPSA) is 50.4 Å². The van der Waals surface area contributed by atoms with E-state index >= 15 is 0 Å². The maximum Gasteiger partial charge on any atom is 0.225 e. The lowest BCUT2D eigenvalue weighted by Gasteiger charge is -2.09. The largest absolute Gasteiger partial charge is 0.497 e. The molecule has 2 N–H and O–H groups in total. The van der Waals surface area contributed by atoms with Crippen molar-refractivity contribution in [3.05, 3.63) is 58.1 Å². The molecule has 5 heteroatoms. The zero-order valence-corrected chi connectivity index (χ0v) is 15.7. The summed E-state index contributed by atoms with van der Waals surface area (Å²) in [5.74, 6) is 0.877. The van der Waals surface area contributed by atoms with E-state index in [-0.39, 0.29) is 5.91 Å². The van der Waals surface area contributed by atoms with Crippen molar-refractivity contribution in [3.63, 3.8) is 0 Å². The molecule has 0 fully saturated rings. The van der Waals surface area contributed by atoms with Crippen molar-refractivity contribution in [2.24, 2.45) is 0 Å². The fraction of sp³-hybridized carbons (Fsp3) is 0.316. The molecule has 2 aromatic carbocycles. The van der Waals surface area contributed by atoms with Gasteiger partial charge in [0, 0.05) is 17.4 Å². The Balaban J connectivity index is 1.65. The average molecular weight is 391 g/mol. The smallest absolute Gasteiger partial charge is 0.225 e. The van der Waals surface area contributed by atoms with Gasteiger partial charge in [-0.2, -0.15) is 0 Å². The number of anilines is 1. The molecule has 2 aromatic rings. The Morgan fingerprint density at radius 2 is 1.88 bits per heavy atom. The molecule has 0 aliphatic heterocycles. The van der Waals surface area contributed by atoms with Crippen molar-refractivity contribution in [1.29, 1.82) is 0 Å². The molecule has 0 aromatic heterocycles. The third-order valence-electron chi connectivity index (χ3n) is 3.68. The minimum absolute atomic E-state index is 0.0106. The van der Waals surface area contributed by atoms with Gasteiger partial charge in [-0.05, 0) is 71.2 Å². The second-order valence-corrected chi connectivity index (χ2v) is 6.48. The van der Waals surface area contributed by atoms with Crippen LogP contribution in [0.25, 0.3) is 0 Å². The molecule has 0 bridgehead atoms. The number of amides is 1. The second kappa shape index (κ2) is 9.45. The standard InChI is InChI=1S/C19H23BrN2O2/c1-14-3-8-18(17(20)13-14)22-19(23)10-12-21-11-9-15-4-6-16(24-2)7-5-15/h3-8,13,21H,9-12H2,1-2H3,(H,22,23). The van der Waals surface area contributed by atoms with Crippen LogP contribution in [0.15, 0.2) is 46.9 Å². The molecule has 0 unspecified atom stereocenters. The van der Waals surface area contributed by atoms with Crippen LogP contribution in [0.4, 0.5) is 5.69 Å². The number of carbonyl (C=O) groups excluding carboxylic acids is 1. The van der Waals surface area contributed by atoms with Crippen LogP contribution in [0.5, 0.6) is 5.75 Å². The van der Waals surface area contributed by atoms with Gasteiger partial charge in [0.15, 0.2) is 0 Å². The zero-order valence-electron chi connectivity index (χ0n) is 14.1. The predicted octanol–water partition coefficient (Wildman–Crippen LogP) is 3.93. The number of methoxy groups -OCH3 is 1. The number of halogens is 1. The Bertz CT molecular complexity index is 672. The monoisotopic (exact) mass is 390 g/mol. The predicted molar refractivity (Wildman–Crippen MR) is 102 cm³/mol. The van der Waals surface area contributed by atoms with Crippen molar-refractivity contribution in [3.8, 4) is 5.75 Å². The third-order valence-corrected chi connectivity index (χ3v) is 4.33. The maximum atomic E-state index is 12.0. The van der Waals surface area contributed by atoms with Gasteiger partial charge in [0.1, 0.15) is 5.75 Å². The van der Waals surface area contributed by atoms with E-state index in [4.69, 9.17) is 4.74 Å². The van der Waals surface area contributed by atoms with E-state index < -0.39 is 0 Å². The summed E-state index contributed by atoms with van der Waals surface area (Å²) < 4.78 is 6.04. The summed E-state index contributed by atoms with van der Waals surface area (Å²) >= 11 is 3.47. The van der Waals surface area contributed by atoms with Crippen LogP contribution < -0.4 is 15.4 Å². The number of ether oxygens (including phenoxy) is 1. The summed E-state index contributed by atoms with van der Waals surface area (Å²) in [5, 5.41) is 6.22. The zero-order chi connectivity index (χ0) is 17.4. The third kappa shape index (κ3) is 5.98. The number of carbonyl (C=O) groups is 1. The highest BCUT2D eigenvalue weighted by Crippen LogP contribution is 2.23. The molecule has 24 heavy (non-hydrogen) atoms. The van der Waals surface area contributed by atoms with Gasteiger partial charge in [-0.3, -0.25) is 4.79 Å². The Morgan fingerprint density at radius 3 is 2.54 bits per heavy atom. The van der Waals surface area contributed by atoms with Crippen molar-refractivity contribution < 1.29 is 9.53 Å². The Labute approximate surface area is 151 Å². The minimum Gasteiger partial charge on any atom is -0.497 e. The first-order chi connectivity index (χ1) is 11.6. The van der Waals surface area contributed by atoms with Gasteiger partial charge in [0.25, 0.3) is 0 Å². The van der Waals surface area contributed by atoms with E-state index in [1.54, 1.807) is 7.11 Å². The van der Waals surface area contributed by atoms with Gasteiger partial charge >= 0.3 is 0 Å². The van der Waals surface area contributed by atoms with Gasteiger partial charge in [-0.15, -0.1) is 0 Å². The Morgan fingerprint density at radius 1 is 1.12 bits per heavy atom. The molecular weight excluding hydrogens is 368 g/mol. The van der Waals surface area contributed by atoms with Crippen LogP contribution in [-0.2, 0) is 11.2 Å². The number of nitrogens with one attached hydrogen (secondary N) is 2. The van der Waals surface area contributed by atoms with E-state index in [0.29, 0.717) is 13.0 Å². The first kappa shape index (κ1) is 18.5. The summed E-state index contributed by atoms with van der Waals surface area (Å²) in [5.41, 5.74) is 3.21. The summed E-state index contributed by atoms with van der Waals surface area (Å²) in [6.07, 6.45) is 1.37. The number of hydrogen-bond acceptors (Lipinski definition) is 3. The molecular formula is C19H23BrN2O2. The van der Waals surface area contributed by atoms with Gasteiger partial charge < -0.3 is 15.4 Å². The average Bonchev–Trinajstić information content (AvgIpc) is 2.57. The SMILES string of the molecule is COc1ccc(CCNCCC(=O)Nc2ccc(C)cc2Br)cc1. The molecule has 0 heterocycles. The van der Waals surface area contributed by atoms with Crippen molar-refractivity contribution in [2.75, 3.05) is 25.5 Å². The van der Waals surface area contributed by atoms with Gasteiger partial charge in [-0.25, -0.2) is 0 Å². The van der Waals surface area contributed by atoms with E-state index in [9.17, 15) is 4.79 Å². The van der Waals surface area contributed by atoms with E-state index in [1.807, 2.05) is 37.3 Å². The van der Waals surface area contributed by atoms with Crippen molar-refractivity contribution in [1.82, 2.24) is 5.32 Å². The molecule has 0 spiro atoms. The highest BCUT2D eigenvalue weighted by molar-refractivity contribution is 9.10. The van der Waals surface area contributed by atoms with Crippen molar-refractivity contribution >= 4 is 27.5 Å². The number of hydrogen-bond donors (Lipinski definition) is 2. The first-order valence-corrected chi connectivity index (χ1v) is 8.77. The first-order valence-electron chi connectivity index (χ1n) is 7.98.